The number of hydrogen-bond donors (Lipinski definition) is 1. The van der Waals surface area contributed by atoms with E-state index in [1.54, 1.807) is 11.8 Å². The van der Waals surface area contributed by atoms with Crippen LogP contribution in [0.25, 0.3) is 5.69 Å². The number of nitrogens with zero attached hydrogens (tertiary/aromatic N) is 3. The third-order valence-corrected chi connectivity index (χ3v) is 3.34. The van der Waals surface area contributed by atoms with E-state index in [0.29, 0.717) is 12.3 Å². The van der Waals surface area contributed by atoms with Crippen molar-refractivity contribution in [2.75, 3.05) is 7.11 Å². The lowest BCUT2D eigenvalue weighted by Crippen LogP contribution is -2.06. The fourth-order valence-electron chi connectivity index (χ4n) is 2.30. The van der Waals surface area contributed by atoms with Gasteiger partial charge in [0, 0.05) is 13.0 Å². The van der Waals surface area contributed by atoms with Crippen LogP contribution in [0.15, 0.2) is 24.3 Å². The molecule has 1 aliphatic carbocycles. The molecule has 0 radical (unpaired) electrons. The molecule has 0 unspecified atom stereocenters. The summed E-state index contributed by atoms with van der Waals surface area (Å²) in [5.41, 5.74) is 2.59. The summed E-state index contributed by atoms with van der Waals surface area (Å²) in [6.07, 6.45) is 1.98. The maximum Gasteiger partial charge on any atom is 0.358 e. The zero-order valence-corrected chi connectivity index (χ0v) is 11.1. The third kappa shape index (κ3) is 2.30. The van der Waals surface area contributed by atoms with Crippen LogP contribution < -0.4 is 0 Å². The second kappa shape index (κ2) is 5.05. The van der Waals surface area contributed by atoms with Crippen molar-refractivity contribution in [3.05, 3.63) is 41.2 Å². The Labute approximate surface area is 116 Å². The fourth-order valence-corrected chi connectivity index (χ4v) is 2.30. The van der Waals surface area contributed by atoms with Crippen molar-refractivity contribution in [1.29, 1.82) is 0 Å². The number of ether oxygens (including phenoxy) is 1. The molecule has 104 valence electrons. The van der Waals surface area contributed by atoms with Gasteiger partial charge < -0.3 is 9.84 Å². The number of benzene rings is 1. The summed E-state index contributed by atoms with van der Waals surface area (Å²) in [5.74, 6) is -0.770. The van der Waals surface area contributed by atoms with Crippen molar-refractivity contribution in [2.45, 2.75) is 25.4 Å². The maximum absolute atomic E-state index is 11.2. The molecule has 3 rings (SSSR count). The molecule has 1 saturated carbocycles. The summed E-state index contributed by atoms with van der Waals surface area (Å²) in [5, 5.41) is 17.0. The van der Waals surface area contributed by atoms with Gasteiger partial charge in [0.1, 0.15) is 0 Å². The van der Waals surface area contributed by atoms with E-state index in [1.165, 1.54) is 0 Å². The zero-order chi connectivity index (χ0) is 14.1. The molecule has 6 nitrogen and oxygen atoms in total. The molecule has 1 aromatic heterocycles. The molecule has 0 bridgehead atoms. The molecular weight excluding hydrogens is 258 g/mol. The lowest BCUT2D eigenvalue weighted by Gasteiger charge is -2.08. The lowest BCUT2D eigenvalue weighted by atomic mass is 10.2. The highest BCUT2D eigenvalue weighted by molar-refractivity contribution is 5.87. The van der Waals surface area contributed by atoms with Crippen LogP contribution in [0.2, 0.25) is 0 Å². The van der Waals surface area contributed by atoms with E-state index in [0.717, 1.165) is 24.1 Å². The Morgan fingerprint density at radius 3 is 2.95 bits per heavy atom. The molecule has 1 aliphatic rings. The highest BCUT2D eigenvalue weighted by atomic mass is 16.5. The average molecular weight is 273 g/mol. The van der Waals surface area contributed by atoms with Crippen molar-refractivity contribution >= 4 is 5.97 Å². The van der Waals surface area contributed by atoms with E-state index < -0.39 is 5.97 Å². The Bertz CT molecular complexity index is 647. The monoisotopic (exact) mass is 273 g/mol. The summed E-state index contributed by atoms with van der Waals surface area (Å²) in [7, 11) is 1.64. The number of hydrogen-bond acceptors (Lipinski definition) is 4. The van der Waals surface area contributed by atoms with Gasteiger partial charge in [0.15, 0.2) is 5.69 Å². The summed E-state index contributed by atoms with van der Waals surface area (Å²) in [6.45, 7) is 0.507. The van der Waals surface area contributed by atoms with Crippen molar-refractivity contribution in [1.82, 2.24) is 15.0 Å². The highest BCUT2D eigenvalue weighted by Crippen LogP contribution is 2.41. The predicted molar refractivity (Wildman–Crippen MR) is 71.0 cm³/mol. The Morgan fingerprint density at radius 2 is 2.30 bits per heavy atom. The molecule has 0 spiro atoms. The highest BCUT2D eigenvalue weighted by Gasteiger charge is 2.34. The van der Waals surface area contributed by atoms with Crippen molar-refractivity contribution in [3.63, 3.8) is 0 Å². The molecule has 6 heteroatoms. The van der Waals surface area contributed by atoms with Crippen LogP contribution in [0, 0.1) is 0 Å². The van der Waals surface area contributed by atoms with Crippen LogP contribution in [-0.4, -0.2) is 33.2 Å². The van der Waals surface area contributed by atoms with E-state index in [1.807, 2.05) is 24.3 Å². The average Bonchev–Trinajstić information content (AvgIpc) is 3.17. The van der Waals surface area contributed by atoms with Gasteiger partial charge in [-0.3, -0.25) is 0 Å². The number of rotatable bonds is 5. The Hall–Kier alpha value is -2.21. The van der Waals surface area contributed by atoms with Gasteiger partial charge in [-0.1, -0.05) is 17.3 Å². The molecule has 1 N–H and O–H groups in total. The first-order valence-corrected chi connectivity index (χ1v) is 6.48. The van der Waals surface area contributed by atoms with Crippen LogP contribution in [0.1, 0.15) is 40.5 Å². The summed E-state index contributed by atoms with van der Waals surface area (Å²) in [4.78, 5) is 11.2. The van der Waals surface area contributed by atoms with E-state index in [4.69, 9.17) is 4.74 Å². The zero-order valence-electron chi connectivity index (χ0n) is 11.1. The van der Waals surface area contributed by atoms with Crippen LogP contribution in [0.5, 0.6) is 0 Å². The quantitative estimate of drug-likeness (QED) is 0.901. The number of carbonyl (C=O) groups is 1. The van der Waals surface area contributed by atoms with Gasteiger partial charge in [-0.05, 0) is 30.5 Å². The van der Waals surface area contributed by atoms with Crippen LogP contribution in [-0.2, 0) is 11.3 Å². The van der Waals surface area contributed by atoms with E-state index in [9.17, 15) is 9.90 Å². The Morgan fingerprint density at radius 1 is 1.50 bits per heavy atom. The summed E-state index contributed by atoms with van der Waals surface area (Å²) >= 11 is 0. The molecule has 1 fully saturated rings. The van der Waals surface area contributed by atoms with E-state index in [2.05, 4.69) is 10.3 Å². The van der Waals surface area contributed by atoms with Gasteiger partial charge in [0.2, 0.25) is 0 Å². The molecular formula is C14H15N3O3. The van der Waals surface area contributed by atoms with Gasteiger partial charge in [-0.25, -0.2) is 9.48 Å². The fraction of sp³-hybridized carbons (Fsp3) is 0.357. The van der Waals surface area contributed by atoms with E-state index in [-0.39, 0.29) is 11.6 Å². The number of methoxy groups -OCH3 is 1. The number of carboxylic acids is 1. The van der Waals surface area contributed by atoms with Crippen LogP contribution in [0.4, 0.5) is 0 Å². The number of aromatic nitrogens is 3. The van der Waals surface area contributed by atoms with Gasteiger partial charge in [-0.15, -0.1) is 5.10 Å². The normalized spacial score (nSPS) is 14.4. The minimum Gasteiger partial charge on any atom is -0.476 e. The SMILES string of the molecule is COCc1cccc(-n2nnc(C(=O)O)c2C2CC2)c1. The largest absolute Gasteiger partial charge is 0.476 e. The number of aromatic carboxylic acids is 1. The van der Waals surface area contributed by atoms with Gasteiger partial charge >= 0.3 is 5.97 Å². The minimum atomic E-state index is -1.02. The summed E-state index contributed by atoms with van der Waals surface area (Å²) < 4.78 is 6.75. The third-order valence-electron chi connectivity index (χ3n) is 3.34. The van der Waals surface area contributed by atoms with Gasteiger partial charge in [0.05, 0.1) is 18.0 Å². The molecule has 0 aliphatic heterocycles. The first-order valence-electron chi connectivity index (χ1n) is 6.48. The Balaban J connectivity index is 2.05. The predicted octanol–water partition coefficient (Wildman–Crippen LogP) is 1.99. The second-order valence-corrected chi connectivity index (χ2v) is 4.92. The molecule has 0 amide bonds. The minimum absolute atomic E-state index is 0.0599. The van der Waals surface area contributed by atoms with Crippen molar-refractivity contribution < 1.29 is 14.6 Å². The smallest absolute Gasteiger partial charge is 0.358 e. The summed E-state index contributed by atoms with van der Waals surface area (Å²) in [6, 6.07) is 7.70. The Kier molecular flexibility index (Phi) is 3.23. The molecule has 1 aromatic carbocycles. The standard InChI is InChI=1S/C14H15N3O3/c1-20-8-9-3-2-4-11(7-9)17-13(10-5-6-10)12(14(18)19)15-16-17/h2-4,7,10H,5-6,8H2,1H3,(H,18,19). The van der Waals surface area contributed by atoms with E-state index >= 15 is 0 Å². The van der Waals surface area contributed by atoms with Crippen molar-refractivity contribution in [2.24, 2.45) is 0 Å². The lowest BCUT2D eigenvalue weighted by molar-refractivity contribution is 0.0689. The maximum atomic E-state index is 11.2. The second-order valence-electron chi connectivity index (χ2n) is 4.92. The van der Waals surface area contributed by atoms with Crippen LogP contribution in [0.3, 0.4) is 0 Å². The van der Waals surface area contributed by atoms with Crippen LogP contribution >= 0.6 is 0 Å². The number of carboxylic acid groups (broad SMARTS) is 1. The topological polar surface area (TPSA) is 77.2 Å². The van der Waals surface area contributed by atoms with Gasteiger partial charge in [-0.2, -0.15) is 0 Å². The molecule has 20 heavy (non-hydrogen) atoms. The first-order chi connectivity index (χ1) is 9.70. The van der Waals surface area contributed by atoms with Gasteiger partial charge in [0.25, 0.3) is 0 Å². The first kappa shape index (κ1) is 12.8. The molecule has 1 heterocycles. The molecule has 2 aromatic rings. The molecule has 0 saturated heterocycles. The molecule has 0 atom stereocenters. The van der Waals surface area contributed by atoms with Crippen molar-refractivity contribution in [3.8, 4) is 5.69 Å².